The summed E-state index contributed by atoms with van der Waals surface area (Å²) < 4.78 is 30.1. The quantitative estimate of drug-likeness (QED) is 0.675. The molecule has 2 aromatic carbocycles. The van der Waals surface area contributed by atoms with Gasteiger partial charge in [0.15, 0.2) is 0 Å². The first kappa shape index (κ1) is 18.3. The summed E-state index contributed by atoms with van der Waals surface area (Å²) in [7, 11) is -1.35. The number of benzene rings is 2. The van der Waals surface area contributed by atoms with Gasteiger partial charge >= 0.3 is 0 Å². The molecule has 1 aromatic heterocycles. The summed E-state index contributed by atoms with van der Waals surface area (Å²) in [6, 6.07) is 14.1. The molecule has 4 nitrogen and oxygen atoms in total. The predicted molar refractivity (Wildman–Crippen MR) is 110 cm³/mol. The third-order valence-electron chi connectivity index (χ3n) is 5.78. The molecular formula is C22H26N2O2S. The van der Waals surface area contributed by atoms with Gasteiger partial charge in [0, 0.05) is 37.2 Å². The fourth-order valence-corrected chi connectivity index (χ4v) is 6.01. The zero-order chi connectivity index (χ0) is 19.2. The third kappa shape index (κ3) is 3.19. The molecule has 0 unspecified atom stereocenters. The molecule has 0 spiro atoms. The van der Waals surface area contributed by atoms with E-state index in [1.165, 1.54) is 16.5 Å². The van der Waals surface area contributed by atoms with Crippen LogP contribution in [0.1, 0.15) is 35.4 Å². The molecular weight excluding hydrogens is 356 g/mol. The van der Waals surface area contributed by atoms with Crippen LogP contribution in [-0.2, 0) is 17.1 Å². The summed E-state index contributed by atoms with van der Waals surface area (Å²) in [5, 5.41) is 1.29. The van der Waals surface area contributed by atoms with Crippen molar-refractivity contribution in [1.82, 2.24) is 8.87 Å². The van der Waals surface area contributed by atoms with E-state index in [9.17, 15) is 8.42 Å². The zero-order valence-electron chi connectivity index (χ0n) is 16.1. The molecule has 0 atom stereocenters. The summed E-state index contributed by atoms with van der Waals surface area (Å²) in [6.45, 7) is 4.95. The van der Waals surface area contributed by atoms with Gasteiger partial charge in [0.25, 0.3) is 0 Å². The van der Waals surface area contributed by atoms with Crippen LogP contribution in [-0.4, -0.2) is 30.4 Å². The van der Waals surface area contributed by atoms with Gasteiger partial charge in [0.1, 0.15) is 0 Å². The van der Waals surface area contributed by atoms with E-state index in [-0.39, 0.29) is 0 Å². The Kier molecular flexibility index (Phi) is 4.60. The van der Waals surface area contributed by atoms with Crippen LogP contribution in [0.15, 0.2) is 53.6 Å². The number of piperidine rings is 1. The molecule has 1 saturated heterocycles. The standard InChI is InChI=1S/C22H26N2O2S/c1-16-8-9-17(2)22(14-16)27(25,26)24-12-10-18(11-13-24)20-15-23(3)21-7-5-4-6-19(20)21/h4-9,14-15,18H,10-13H2,1-3H3. The topological polar surface area (TPSA) is 42.3 Å². The molecule has 0 bridgehead atoms. The largest absolute Gasteiger partial charge is 0.350 e. The maximum atomic E-state index is 13.1. The van der Waals surface area contributed by atoms with E-state index in [2.05, 4.69) is 42.1 Å². The second-order valence-corrected chi connectivity index (χ2v) is 9.57. The third-order valence-corrected chi connectivity index (χ3v) is 7.82. The van der Waals surface area contributed by atoms with Crippen molar-refractivity contribution in [2.45, 2.75) is 37.5 Å². The second kappa shape index (κ2) is 6.80. The molecule has 1 aliphatic heterocycles. The fourth-order valence-electron chi connectivity index (χ4n) is 4.23. The van der Waals surface area contributed by atoms with Gasteiger partial charge in [0.2, 0.25) is 10.0 Å². The molecule has 27 heavy (non-hydrogen) atoms. The number of sulfonamides is 1. The number of nitrogens with zero attached hydrogens (tertiary/aromatic N) is 2. The van der Waals surface area contributed by atoms with E-state index in [1.807, 2.05) is 26.0 Å². The molecule has 0 N–H and O–H groups in total. The van der Waals surface area contributed by atoms with E-state index in [0.29, 0.717) is 23.9 Å². The minimum atomic E-state index is -3.43. The molecule has 0 radical (unpaired) electrons. The van der Waals surface area contributed by atoms with Gasteiger partial charge in [-0.1, -0.05) is 30.3 Å². The van der Waals surface area contributed by atoms with E-state index < -0.39 is 10.0 Å². The van der Waals surface area contributed by atoms with E-state index in [4.69, 9.17) is 0 Å². The molecule has 0 aliphatic carbocycles. The highest BCUT2D eigenvalue weighted by atomic mass is 32.2. The van der Waals surface area contributed by atoms with Gasteiger partial charge < -0.3 is 4.57 Å². The van der Waals surface area contributed by atoms with Crippen molar-refractivity contribution >= 4 is 20.9 Å². The number of para-hydroxylation sites is 1. The van der Waals surface area contributed by atoms with Gasteiger partial charge in [-0.3, -0.25) is 0 Å². The Balaban J connectivity index is 1.57. The van der Waals surface area contributed by atoms with Gasteiger partial charge in [-0.2, -0.15) is 4.31 Å². The number of rotatable bonds is 3. The predicted octanol–water partition coefficient (Wildman–Crippen LogP) is 4.36. The van der Waals surface area contributed by atoms with Crippen molar-refractivity contribution in [3.05, 3.63) is 65.4 Å². The van der Waals surface area contributed by atoms with Crippen molar-refractivity contribution in [1.29, 1.82) is 0 Å². The molecule has 0 saturated carbocycles. The lowest BCUT2D eigenvalue weighted by Gasteiger charge is -2.31. The Labute approximate surface area is 161 Å². The molecule has 1 aliphatic rings. The highest BCUT2D eigenvalue weighted by Gasteiger charge is 2.31. The van der Waals surface area contributed by atoms with Crippen LogP contribution in [0, 0.1) is 13.8 Å². The SMILES string of the molecule is Cc1ccc(C)c(S(=O)(=O)N2CCC(c3cn(C)c4ccccc34)CC2)c1. The zero-order valence-corrected chi connectivity index (χ0v) is 17.0. The molecule has 3 aromatic rings. The van der Waals surface area contributed by atoms with Gasteiger partial charge in [-0.05, 0) is 61.4 Å². The van der Waals surface area contributed by atoms with Crippen LogP contribution in [0.3, 0.4) is 0 Å². The van der Waals surface area contributed by atoms with Gasteiger partial charge in [-0.15, -0.1) is 0 Å². The molecule has 142 valence electrons. The van der Waals surface area contributed by atoms with Crippen LogP contribution in [0.2, 0.25) is 0 Å². The Hall–Kier alpha value is -2.11. The molecule has 4 rings (SSSR count). The molecule has 2 heterocycles. The lowest BCUT2D eigenvalue weighted by atomic mass is 9.90. The van der Waals surface area contributed by atoms with E-state index in [0.717, 1.165) is 24.0 Å². The Morgan fingerprint density at radius 2 is 1.70 bits per heavy atom. The first-order valence-corrected chi connectivity index (χ1v) is 10.9. The van der Waals surface area contributed by atoms with Crippen LogP contribution in [0.5, 0.6) is 0 Å². The molecule has 1 fully saturated rings. The van der Waals surface area contributed by atoms with Gasteiger partial charge in [-0.25, -0.2) is 8.42 Å². The van der Waals surface area contributed by atoms with Crippen molar-refractivity contribution in [2.75, 3.05) is 13.1 Å². The minimum absolute atomic E-state index is 0.404. The Morgan fingerprint density at radius 1 is 1.00 bits per heavy atom. The first-order valence-electron chi connectivity index (χ1n) is 9.49. The first-order chi connectivity index (χ1) is 12.9. The number of aryl methyl sites for hydroxylation is 3. The van der Waals surface area contributed by atoms with Crippen molar-refractivity contribution < 1.29 is 8.42 Å². The van der Waals surface area contributed by atoms with Gasteiger partial charge in [0.05, 0.1) is 4.90 Å². The Bertz CT molecular complexity index is 1090. The van der Waals surface area contributed by atoms with E-state index >= 15 is 0 Å². The number of hydrogen-bond donors (Lipinski definition) is 0. The molecule has 0 amide bonds. The van der Waals surface area contributed by atoms with Crippen molar-refractivity contribution in [2.24, 2.45) is 7.05 Å². The number of hydrogen-bond acceptors (Lipinski definition) is 2. The lowest BCUT2D eigenvalue weighted by molar-refractivity contribution is 0.320. The second-order valence-electron chi connectivity index (χ2n) is 7.66. The maximum absolute atomic E-state index is 13.1. The fraction of sp³-hybridized carbons (Fsp3) is 0.364. The van der Waals surface area contributed by atoms with Crippen LogP contribution in [0.4, 0.5) is 0 Å². The summed E-state index contributed by atoms with van der Waals surface area (Å²) in [6.07, 6.45) is 3.93. The van der Waals surface area contributed by atoms with Crippen LogP contribution < -0.4 is 0 Å². The normalized spacial score (nSPS) is 16.9. The number of aromatic nitrogens is 1. The summed E-state index contributed by atoms with van der Waals surface area (Å²) >= 11 is 0. The van der Waals surface area contributed by atoms with Crippen LogP contribution in [0.25, 0.3) is 10.9 Å². The summed E-state index contributed by atoms with van der Waals surface area (Å²) in [5.74, 6) is 0.404. The Morgan fingerprint density at radius 3 is 2.44 bits per heavy atom. The van der Waals surface area contributed by atoms with Crippen LogP contribution >= 0.6 is 0 Å². The average Bonchev–Trinajstić information content (AvgIpc) is 3.01. The summed E-state index contributed by atoms with van der Waals surface area (Å²) in [4.78, 5) is 0.450. The smallest absolute Gasteiger partial charge is 0.243 e. The van der Waals surface area contributed by atoms with E-state index in [1.54, 1.807) is 10.4 Å². The monoisotopic (exact) mass is 382 g/mol. The van der Waals surface area contributed by atoms with Crippen molar-refractivity contribution in [3.8, 4) is 0 Å². The summed E-state index contributed by atoms with van der Waals surface area (Å²) in [5.41, 5.74) is 4.37. The highest BCUT2D eigenvalue weighted by Crippen LogP contribution is 2.35. The minimum Gasteiger partial charge on any atom is -0.350 e. The lowest BCUT2D eigenvalue weighted by Crippen LogP contribution is -2.38. The average molecular weight is 383 g/mol. The maximum Gasteiger partial charge on any atom is 0.243 e. The highest BCUT2D eigenvalue weighted by molar-refractivity contribution is 7.89. The number of fused-ring (bicyclic) bond motifs is 1. The van der Waals surface area contributed by atoms with Crippen molar-refractivity contribution in [3.63, 3.8) is 0 Å². The molecule has 5 heteroatoms.